The largest absolute Gasteiger partial charge is 0.491 e. The molecule has 58 heavy (non-hydrogen) atoms. The van der Waals surface area contributed by atoms with E-state index >= 15 is 0 Å². The van der Waals surface area contributed by atoms with Crippen LogP contribution in [0.4, 0.5) is 18.0 Å². The van der Waals surface area contributed by atoms with Crippen LogP contribution in [0.15, 0.2) is 42.6 Å². The van der Waals surface area contributed by atoms with Crippen LogP contribution in [-0.4, -0.2) is 105 Å². The molecule has 0 spiro atoms. The second-order valence-electron chi connectivity index (χ2n) is 17.1. The molecule has 4 aliphatic rings. The van der Waals surface area contributed by atoms with Gasteiger partial charge in [-0.05, 0) is 108 Å². The highest BCUT2D eigenvalue weighted by atomic mass is 32.2. The number of rotatable bonds is 9. The lowest BCUT2D eigenvalue weighted by molar-refractivity contribution is -0.222. The summed E-state index contributed by atoms with van der Waals surface area (Å²) in [6.07, 6.45) is -1.29. The minimum atomic E-state index is -5.09. The van der Waals surface area contributed by atoms with Crippen molar-refractivity contribution in [3.05, 3.63) is 42.6 Å². The summed E-state index contributed by atoms with van der Waals surface area (Å²) in [4.78, 5) is 61.8. The lowest BCUT2D eigenvalue weighted by Crippen LogP contribution is -2.66. The number of benzene rings is 1. The van der Waals surface area contributed by atoms with Crippen LogP contribution in [0.25, 0.3) is 10.8 Å². The molecule has 1 aromatic carbocycles. The van der Waals surface area contributed by atoms with Crippen LogP contribution in [0.5, 0.6) is 11.6 Å². The second kappa shape index (κ2) is 15.9. The van der Waals surface area contributed by atoms with Crippen LogP contribution in [0.1, 0.15) is 86.5 Å². The Morgan fingerprint density at radius 3 is 2.45 bits per heavy atom. The lowest BCUT2D eigenvalue weighted by Gasteiger charge is -2.45. The average molecular weight is 836 g/mol. The van der Waals surface area contributed by atoms with Crippen molar-refractivity contribution < 1.29 is 55.3 Å². The maximum atomic E-state index is 15.0. The summed E-state index contributed by atoms with van der Waals surface area (Å²) >= 11 is 0. The van der Waals surface area contributed by atoms with Crippen molar-refractivity contribution in [1.82, 2.24) is 24.8 Å². The predicted molar refractivity (Wildman–Crippen MR) is 206 cm³/mol. The Hall–Kier alpha value is -4.61. The van der Waals surface area contributed by atoms with E-state index in [0.29, 0.717) is 56.1 Å². The van der Waals surface area contributed by atoms with Gasteiger partial charge in [-0.2, -0.15) is 13.2 Å². The number of alkyl halides is 3. The molecule has 3 N–H and O–H groups in total. The van der Waals surface area contributed by atoms with E-state index in [1.54, 1.807) is 30.3 Å². The van der Waals surface area contributed by atoms with Gasteiger partial charge < -0.3 is 24.8 Å². The van der Waals surface area contributed by atoms with Gasteiger partial charge in [-0.15, -0.1) is 0 Å². The first-order valence-corrected chi connectivity index (χ1v) is 21.3. The number of allylic oxidation sites excluding steroid dienone is 1. The fourth-order valence-corrected chi connectivity index (χ4v) is 9.57. The van der Waals surface area contributed by atoms with Crippen LogP contribution < -0.4 is 19.5 Å². The Kier molecular flexibility index (Phi) is 11.8. The van der Waals surface area contributed by atoms with Crippen LogP contribution in [0.2, 0.25) is 0 Å². The number of nitrogens with one attached hydrogen (secondary N) is 2. The summed E-state index contributed by atoms with van der Waals surface area (Å²) in [6.45, 7) is 8.19. The summed E-state index contributed by atoms with van der Waals surface area (Å²) in [5.74, 6) is -3.82. The molecular formula is C40H52F3N5O9S. The first kappa shape index (κ1) is 43.0. The fraction of sp³-hybridized carbons (Fsp3) is 0.625. The van der Waals surface area contributed by atoms with Crippen LogP contribution in [-0.2, 0) is 24.4 Å². The van der Waals surface area contributed by atoms with Crippen molar-refractivity contribution in [2.45, 2.75) is 133 Å². The number of carbonyl (C=O) groups is 4. The standard InChI is InChI=1S/C40H52F3N5O9S/c1-22(2)56-27-11-14-30-25(18-27)15-16-44-34(30)57-28-19-31-33(49)45-39(36(51)46-58(54,55)29-12-13-29)20-26(39)10-8-7-9-23(3)17-24(4)32(35(50)47(31)21-28)48(37(52)53)38(5,6)40(41,42)43/h8,10-11,14-16,18,22-24,26,28-29,31-32H,7,9,12-13,17,19-21H2,1-6H3,(H,45,49)(H,46,51)(H,52,53)/t23-,24-,26-,28-,31+,32+,39-/m1/s1. The molecule has 4 amide bonds. The van der Waals surface area contributed by atoms with Crippen molar-refractivity contribution in [3.63, 3.8) is 0 Å². The minimum Gasteiger partial charge on any atom is -0.491 e. The van der Waals surface area contributed by atoms with E-state index in [-0.39, 0.29) is 48.6 Å². The number of pyridine rings is 1. The quantitative estimate of drug-likeness (QED) is 0.271. The normalized spacial score (nSPS) is 28.5. The molecule has 0 radical (unpaired) electrons. The van der Waals surface area contributed by atoms with Crippen LogP contribution in [0.3, 0.4) is 0 Å². The summed E-state index contributed by atoms with van der Waals surface area (Å²) in [5, 5.41) is 13.7. The molecule has 0 unspecified atom stereocenters. The molecular weight excluding hydrogens is 784 g/mol. The molecule has 3 heterocycles. The molecule has 1 aromatic heterocycles. The number of hydrogen-bond donors (Lipinski definition) is 3. The number of fused-ring (bicyclic) bond motifs is 3. The summed E-state index contributed by atoms with van der Waals surface area (Å²) < 4.78 is 84.2. The molecule has 2 aliphatic carbocycles. The maximum Gasteiger partial charge on any atom is 0.411 e. The molecule has 2 saturated carbocycles. The van der Waals surface area contributed by atoms with Crippen molar-refractivity contribution >= 4 is 44.6 Å². The summed E-state index contributed by atoms with van der Waals surface area (Å²) in [7, 11) is -4.02. The number of carboxylic acid groups (broad SMARTS) is 1. The van der Waals surface area contributed by atoms with Gasteiger partial charge in [0.2, 0.25) is 27.7 Å². The highest BCUT2D eigenvalue weighted by molar-refractivity contribution is 7.91. The van der Waals surface area contributed by atoms with Gasteiger partial charge in [-0.1, -0.05) is 26.0 Å². The van der Waals surface area contributed by atoms with Gasteiger partial charge in [0, 0.05) is 23.9 Å². The topological polar surface area (TPSA) is 185 Å². The lowest BCUT2D eigenvalue weighted by atomic mass is 9.85. The number of sulfonamides is 1. The van der Waals surface area contributed by atoms with E-state index in [2.05, 4.69) is 15.0 Å². The van der Waals surface area contributed by atoms with Gasteiger partial charge in [0.15, 0.2) is 0 Å². The van der Waals surface area contributed by atoms with Gasteiger partial charge in [0.05, 0.1) is 17.9 Å². The summed E-state index contributed by atoms with van der Waals surface area (Å²) in [6, 6.07) is 3.66. The second-order valence-corrected chi connectivity index (χ2v) is 19.0. The molecule has 2 aromatic rings. The van der Waals surface area contributed by atoms with Crippen molar-refractivity contribution in [2.75, 3.05) is 6.54 Å². The monoisotopic (exact) mass is 835 g/mol. The zero-order chi connectivity index (χ0) is 42.5. The minimum absolute atomic E-state index is 0.0616. The van der Waals surface area contributed by atoms with E-state index < -0.39 is 86.4 Å². The molecule has 2 aliphatic heterocycles. The van der Waals surface area contributed by atoms with Gasteiger partial charge in [0.25, 0.3) is 5.91 Å². The van der Waals surface area contributed by atoms with Crippen molar-refractivity contribution in [1.29, 1.82) is 0 Å². The molecule has 0 bridgehead atoms. The molecule has 14 nitrogen and oxygen atoms in total. The molecule has 6 rings (SSSR count). The molecule has 318 valence electrons. The highest BCUT2D eigenvalue weighted by Crippen LogP contribution is 2.47. The maximum absolute atomic E-state index is 15.0. The number of ether oxygens (including phenoxy) is 2. The number of amides is 4. The van der Waals surface area contributed by atoms with Gasteiger partial charge in [-0.3, -0.25) is 24.0 Å². The molecule has 3 fully saturated rings. The number of hydrogen-bond acceptors (Lipinski definition) is 9. The van der Waals surface area contributed by atoms with E-state index in [4.69, 9.17) is 9.47 Å². The first-order valence-electron chi connectivity index (χ1n) is 19.7. The molecule has 18 heteroatoms. The Morgan fingerprint density at radius 2 is 1.81 bits per heavy atom. The van der Waals surface area contributed by atoms with E-state index in [1.807, 2.05) is 26.8 Å². The Bertz CT molecular complexity index is 2070. The third-order valence-electron chi connectivity index (χ3n) is 11.7. The van der Waals surface area contributed by atoms with Crippen LogP contribution in [0, 0.1) is 17.8 Å². The number of halogens is 3. The molecule has 7 atom stereocenters. The highest BCUT2D eigenvalue weighted by Gasteiger charge is 2.63. The third-order valence-corrected chi connectivity index (χ3v) is 13.5. The van der Waals surface area contributed by atoms with Crippen LogP contribution >= 0.6 is 0 Å². The van der Waals surface area contributed by atoms with Crippen molar-refractivity contribution in [2.24, 2.45) is 17.8 Å². The van der Waals surface area contributed by atoms with Gasteiger partial charge >= 0.3 is 12.3 Å². The average Bonchev–Trinajstić information content (AvgIpc) is 4.04. The Morgan fingerprint density at radius 1 is 1.10 bits per heavy atom. The smallest absolute Gasteiger partial charge is 0.411 e. The first-order chi connectivity index (χ1) is 27.1. The Balaban J connectivity index is 1.41. The Labute approximate surface area is 335 Å². The number of carbonyl (C=O) groups excluding carboxylic acids is 3. The fourth-order valence-electron chi connectivity index (χ4n) is 8.21. The van der Waals surface area contributed by atoms with E-state index in [9.17, 15) is 45.9 Å². The zero-order valence-electron chi connectivity index (χ0n) is 33.4. The zero-order valence-corrected chi connectivity index (χ0v) is 34.2. The number of nitrogens with zero attached hydrogens (tertiary/aromatic N) is 3. The molecule has 1 saturated heterocycles. The van der Waals surface area contributed by atoms with E-state index in [0.717, 1.165) is 4.90 Å². The number of aromatic nitrogens is 1. The SMILES string of the molecule is CC(C)Oc1ccc2c(O[C@@H]3C[C@H]4C(=O)N[C@]5(C(=O)NS(=O)(=O)C6CC6)C[C@H]5C=CCC[C@@H](C)C[C@@H](C)[C@H](N(C(=O)O)C(C)(C)C(F)(F)F)C(=O)N4C3)nccc2c1. The van der Waals surface area contributed by atoms with Crippen molar-refractivity contribution in [3.8, 4) is 11.6 Å². The van der Waals surface area contributed by atoms with Gasteiger partial charge in [-0.25, -0.2) is 18.2 Å². The third kappa shape index (κ3) is 8.71. The van der Waals surface area contributed by atoms with Gasteiger partial charge in [0.1, 0.15) is 35.0 Å². The summed E-state index contributed by atoms with van der Waals surface area (Å²) in [5.41, 5.74) is -4.73. The predicted octanol–water partition coefficient (Wildman–Crippen LogP) is 5.56. The van der Waals surface area contributed by atoms with E-state index in [1.165, 1.54) is 13.1 Å².